The van der Waals surface area contributed by atoms with E-state index >= 15 is 0 Å². The van der Waals surface area contributed by atoms with E-state index in [2.05, 4.69) is 0 Å². The fourth-order valence-electron chi connectivity index (χ4n) is 3.61. The molecule has 1 atom stereocenters. The molecule has 4 nitrogen and oxygen atoms in total. The SMILES string of the molecule is COc1cccc(C(=O)N2CCC(CCO)(c3ccc(Cl)c(Cl)c3)C2)c1. The predicted octanol–water partition coefficient (Wildman–Crippen LogP) is 4.17. The van der Waals surface area contributed by atoms with Crippen molar-refractivity contribution in [3.63, 3.8) is 0 Å². The molecule has 1 N–H and O–H groups in total. The quantitative estimate of drug-likeness (QED) is 0.828. The summed E-state index contributed by atoms with van der Waals surface area (Å²) in [6, 6.07) is 12.7. The number of halogens is 2. The molecule has 3 rings (SSSR count). The molecule has 0 spiro atoms. The first-order valence-electron chi connectivity index (χ1n) is 8.49. The van der Waals surface area contributed by atoms with Gasteiger partial charge in [0.2, 0.25) is 0 Å². The average Bonchev–Trinajstić information content (AvgIpc) is 3.09. The third-order valence-electron chi connectivity index (χ3n) is 5.08. The molecule has 2 aromatic carbocycles. The molecular formula is C20H21Cl2NO3. The van der Waals surface area contributed by atoms with Gasteiger partial charge in [-0.1, -0.05) is 35.3 Å². The van der Waals surface area contributed by atoms with Gasteiger partial charge in [0.25, 0.3) is 5.91 Å². The van der Waals surface area contributed by atoms with Crippen LogP contribution in [0.3, 0.4) is 0 Å². The predicted molar refractivity (Wildman–Crippen MR) is 103 cm³/mol. The number of benzene rings is 2. The summed E-state index contributed by atoms with van der Waals surface area (Å²) < 4.78 is 5.21. The number of nitrogens with zero attached hydrogens (tertiary/aromatic N) is 1. The fourth-order valence-corrected chi connectivity index (χ4v) is 3.91. The Morgan fingerprint density at radius 2 is 2.04 bits per heavy atom. The van der Waals surface area contributed by atoms with Crippen LogP contribution in [-0.2, 0) is 5.41 Å². The fraction of sp³-hybridized carbons (Fsp3) is 0.350. The Morgan fingerprint density at radius 3 is 2.73 bits per heavy atom. The molecule has 0 bridgehead atoms. The summed E-state index contributed by atoms with van der Waals surface area (Å²) in [4.78, 5) is 14.7. The second kappa shape index (κ2) is 7.87. The number of hydrogen-bond donors (Lipinski definition) is 1. The summed E-state index contributed by atoms with van der Waals surface area (Å²) in [6.07, 6.45) is 1.33. The highest BCUT2D eigenvalue weighted by Crippen LogP contribution is 2.40. The molecule has 1 saturated heterocycles. The van der Waals surface area contributed by atoms with Crippen LogP contribution in [0.25, 0.3) is 0 Å². The van der Waals surface area contributed by atoms with Crippen LogP contribution in [0.2, 0.25) is 10.0 Å². The normalized spacial score (nSPS) is 19.6. The Kier molecular flexibility index (Phi) is 5.76. The lowest BCUT2D eigenvalue weighted by Gasteiger charge is -2.30. The molecule has 6 heteroatoms. The highest BCUT2D eigenvalue weighted by Gasteiger charge is 2.41. The number of hydrogen-bond acceptors (Lipinski definition) is 3. The number of likely N-dealkylation sites (tertiary alicyclic amines) is 1. The lowest BCUT2D eigenvalue weighted by atomic mass is 9.77. The monoisotopic (exact) mass is 393 g/mol. The molecule has 0 radical (unpaired) electrons. The van der Waals surface area contributed by atoms with E-state index in [1.807, 2.05) is 29.2 Å². The molecule has 2 aromatic rings. The van der Waals surface area contributed by atoms with Crippen molar-refractivity contribution in [1.82, 2.24) is 4.90 Å². The minimum atomic E-state index is -0.322. The first kappa shape index (κ1) is 19.0. The topological polar surface area (TPSA) is 49.8 Å². The van der Waals surface area contributed by atoms with Gasteiger partial charge in [0.1, 0.15) is 5.75 Å². The van der Waals surface area contributed by atoms with E-state index in [1.165, 1.54) is 0 Å². The van der Waals surface area contributed by atoms with Gasteiger partial charge in [0, 0.05) is 30.7 Å². The van der Waals surface area contributed by atoms with Crippen molar-refractivity contribution in [3.05, 3.63) is 63.6 Å². The highest BCUT2D eigenvalue weighted by atomic mass is 35.5. The van der Waals surface area contributed by atoms with Gasteiger partial charge in [-0.25, -0.2) is 0 Å². The van der Waals surface area contributed by atoms with Crippen molar-refractivity contribution in [2.45, 2.75) is 18.3 Å². The molecule has 1 fully saturated rings. The summed E-state index contributed by atoms with van der Waals surface area (Å²) in [5.74, 6) is 0.616. The molecular weight excluding hydrogens is 373 g/mol. The van der Waals surface area contributed by atoms with E-state index in [0.717, 1.165) is 12.0 Å². The minimum absolute atomic E-state index is 0.0382. The maximum atomic E-state index is 12.9. The van der Waals surface area contributed by atoms with E-state index in [0.29, 0.717) is 40.9 Å². The number of amides is 1. The Balaban J connectivity index is 1.87. The minimum Gasteiger partial charge on any atom is -0.497 e. The zero-order chi connectivity index (χ0) is 18.7. The Bertz CT molecular complexity index is 811. The van der Waals surface area contributed by atoms with Crippen molar-refractivity contribution in [2.75, 3.05) is 26.8 Å². The van der Waals surface area contributed by atoms with Gasteiger partial charge in [0.15, 0.2) is 0 Å². The van der Waals surface area contributed by atoms with Crippen LogP contribution in [0.1, 0.15) is 28.8 Å². The van der Waals surface area contributed by atoms with Gasteiger partial charge in [-0.05, 0) is 48.7 Å². The first-order chi connectivity index (χ1) is 12.5. The van der Waals surface area contributed by atoms with Crippen LogP contribution in [0.5, 0.6) is 5.75 Å². The van der Waals surface area contributed by atoms with Gasteiger partial charge in [-0.3, -0.25) is 4.79 Å². The van der Waals surface area contributed by atoms with Crippen LogP contribution in [0.15, 0.2) is 42.5 Å². The number of carbonyl (C=O) groups excluding carboxylic acids is 1. The Morgan fingerprint density at radius 1 is 1.23 bits per heavy atom. The zero-order valence-electron chi connectivity index (χ0n) is 14.5. The van der Waals surface area contributed by atoms with Crippen molar-refractivity contribution >= 4 is 29.1 Å². The van der Waals surface area contributed by atoms with Gasteiger partial charge in [-0.15, -0.1) is 0 Å². The molecule has 0 saturated carbocycles. The van der Waals surface area contributed by atoms with Crippen LogP contribution in [0, 0.1) is 0 Å². The molecule has 1 heterocycles. The lowest BCUT2D eigenvalue weighted by Crippen LogP contribution is -2.35. The van der Waals surface area contributed by atoms with E-state index in [9.17, 15) is 9.90 Å². The molecule has 1 amide bonds. The first-order valence-corrected chi connectivity index (χ1v) is 9.24. The summed E-state index contributed by atoms with van der Waals surface area (Å²) in [5, 5.41) is 10.6. The third-order valence-corrected chi connectivity index (χ3v) is 5.82. The summed E-state index contributed by atoms with van der Waals surface area (Å²) in [6.45, 7) is 1.19. The number of methoxy groups -OCH3 is 1. The number of aliphatic hydroxyl groups excluding tert-OH is 1. The van der Waals surface area contributed by atoms with Crippen LogP contribution < -0.4 is 4.74 Å². The largest absolute Gasteiger partial charge is 0.497 e. The van der Waals surface area contributed by atoms with Crippen molar-refractivity contribution < 1.29 is 14.6 Å². The van der Waals surface area contributed by atoms with Gasteiger partial charge < -0.3 is 14.7 Å². The molecule has 26 heavy (non-hydrogen) atoms. The Hall–Kier alpha value is -1.75. The lowest BCUT2D eigenvalue weighted by molar-refractivity contribution is 0.0779. The van der Waals surface area contributed by atoms with Crippen LogP contribution in [0.4, 0.5) is 0 Å². The molecule has 1 unspecified atom stereocenters. The number of aliphatic hydroxyl groups is 1. The smallest absolute Gasteiger partial charge is 0.254 e. The molecule has 1 aliphatic rings. The third kappa shape index (κ3) is 3.68. The van der Waals surface area contributed by atoms with E-state index < -0.39 is 0 Å². The van der Waals surface area contributed by atoms with Crippen molar-refractivity contribution in [3.8, 4) is 5.75 Å². The molecule has 0 aliphatic carbocycles. The van der Waals surface area contributed by atoms with Crippen LogP contribution in [-0.4, -0.2) is 42.7 Å². The molecule has 138 valence electrons. The standard InChI is InChI=1S/C20H21Cl2NO3/c1-26-16-4-2-3-14(11-16)19(25)23-9-7-20(13-23,8-10-24)15-5-6-17(21)18(22)12-15/h2-6,11-12,24H,7-10,13H2,1H3. The molecule has 1 aliphatic heterocycles. The van der Waals surface area contributed by atoms with E-state index in [1.54, 1.807) is 25.3 Å². The summed E-state index contributed by atoms with van der Waals surface area (Å²) in [7, 11) is 1.58. The average molecular weight is 394 g/mol. The van der Waals surface area contributed by atoms with Gasteiger partial charge in [0.05, 0.1) is 17.2 Å². The summed E-state index contributed by atoms with van der Waals surface area (Å²) in [5.41, 5.74) is 1.28. The Labute approximate surface area is 163 Å². The number of ether oxygens (including phenoxy) is 1. The van der Waals surface area contributed by atoms with Crippen molar-refractivity contribution in [1.29, 1.82) is 0 Å². The second-order valence-electron chi connectivity index (χ2n) is 6.59. The van der Waals surface area contributed by atoms with Crippen molar-refractivity contribution in [2.24, 2.45) is 0 Å². The number of rotatable bonds is 5. The maximum Gasteiger partial charge on any atom is 0.254 e. The summed E-state index contributed by atoms with van der Waals surface area (Å²) >= 11 is 12.2. The van der Waals surface area contributed by atoms with E-state index in [-0.39, 0.29) is 17.9 Å². The maximum absolute atomic E-state index is 12.9. The van der Waals surface area contributed by atoms with E-state index in [4.69, 9.17) is 27.9 Å². The number of carbonyl (C=O) groups is 1. The second-order valence-corrected chi connectivity index (χ2v) is 7.41. The molecule has 0 aromatic heterocycles. The van der Waals surface area contributed by atoms with Gasteiger partial charge in [-0.2, -0.15) is 0 Å². The van der Waals surface area contributed by atoms with Gasteiger partial charge >= 0.3 is 0 Å². The highest BCUT2D eigenvalue weighted by molar-refractivity contribution is 6.42. The zero-order valence-corrected chi connectivity index (χ0v) is 16.1. The van der Waals surface area contributed by atoms with Crippen LogP contribution >= 0.6 is 23.2 Å².